The topological polar surface area (TPSA) is 40.5 Å². The van der Waals surface area contributed by atoms with Gasteiger partial charge in [0.05, 0.1) is 16.4 Å². The van der Waals surface area contributed by atoms with Crippen molar-refractivity contribution in [1.82, 2.24) is 4.90 Å². The third-order valence-electron chi connectivity index (χ3n) is 3.31. The normalized spacial score (nSPS) is 22.2. The van der Waals surface area contributed by atoms with Crippen molar-refractivity contribution >= 4 is 17.2 Å². The molecule has 1 aliphatic rings. The van der Waals surface area contributed by atoms with Gasteiger partial charge in [0.15, 0.2) is 0 Å². The van der Waals surface area contributed by atoms with Gasteiger partial charge in [-0.3, -0.25) is 4.79 Å². The van der Waals surface area contributed by atoms with Gasteiger partial charge in [-0.15, -0.1) is 11.3 Å². The zero-order chi connectivity index (χ0) is 13.8. The van der Waals surface area contributed by atoms with Crippen LogP contribution in [0.25, 0.3) is 0 Å². The minimum atomic E-state index is 0.0767. The lowest BCUT2D eigenvalue weighted by Gasteiger charge is -2.20. The summed E-state index contributed by atoms with van der Waals surface area (Å²) >= 11 is 1.44. The number of hydrogen-bond donors (Lipinski definition) is 1. The van der Waals surface area contributed by atoms with Crippen LogP contribution in [-0.2, 0) is 0 Å². The summed E-state index contributed by atoms with van der Waals surface area (Å²) in [7, 11) is 0. The minimum absolute atomic E-state index is 0.0767. The molecule has 0 spiro atoms. The molecule has 0 saturated carbocycles. The predicted octanol–water partition coefficient (Wildman–Crippen LogP) is 2.35. The summed E-state index contributed by atoms with van der Waals surface area (Å²) in [5, 5.41) is 8.68. The van der Waals surface area contributed by atoms with E-state index in [1.165, 1.54) is 11.3 Å². The molecule has 1 aliphatic heterocycles. The minimum Gasteiger partial charge on any atom is -0.395 e. The third kappa shape index (κ3) is 3.37. The van der Waals surface area contributed by atoms with E-state index in [-0.39, 0.29) is 12.5 Å². The molecule has 1 aromatic heterocycles. The number of carbonyl (C=O) groups excluding carboxylic acids is 1. The standard InChI is InChI=1S/C15H19NO2S/c1-11-9-12(2)16(10-11)15(18)14-7-6-13(19-14)5-3-4-8-17/h6-7,11-12,17H,4,8-10H2,1-2H3. The highest BCUT2D eigenvalue weighted by Crippen LogP contribution is 2.26. The molecule has 19 heavy (non-hydrogen) atoms. The number of nitrogens with zero attached hydrogens (tertiary/aromatic N) is 1. The van der Waals surface area contributed by atoms with Crippen molar-refractivity contribution in [3.8, 4) is 11.8 Å². The van der Waals surface area contributed by atoms with E-state index in [0.29, 0.717) is 18.4 Å². The number of rotatable bonds is 2. The molecule has 0 radical (unpaired) electrons. The van der Waals surface area contributed by atoms with E-state index in [1.54, 1.807) is 0 Å². The van der Waals surface area contributed by atoms with Crippen molar-refractivity contribution < 1.29 is 9.90 Å². The molecule has 1 fully saturated rings. The molecular weight excluding hydrogens is 258 g/mol. The molecule has 102 valence electrons. The first-order valence-corrected chi connectivity index (χ1v) is 7.44. The van der Waals surface area contributed by atoms with Crippen LogP contribution in [0.4, 0.5) is 0 Å². The van der Waals surface area contributed by atoms with Gasteiger partial charge in [-0.1, -0.05) is 18.8 Å². The zero-order valence-electron chi connectivity index (χ0n) is 11.3. The Morgan fingerprint density at radius 3 is 2.95 bits per heavy atom. The average molecular weight is 277 g/mol. The van der Waals surface area contributed by atoms with Crippen molar-refractivity contribution in [2.24, 2.45) is 5.92 Å². The lowest BCUT2D eigenvalue weighted by molar-refractivity contribution is 0.0748. The van der Waals surface area contributed by atoms with Crippen molar-refractivity contribution in [1.29, 1.82) is 0 Å². The Morgan fingerprint density at radius 1 is 1.53 bits per heavy atom. The van der Waals surface area contributed by atoms with Gasteiger partial charge in [0.2, 0.25) is 0 Å². The van der Waals surface area contributed by atoms with Crippen LogP contribution in [0.1, 0.15) is 41.2 Å². The first kappa shape index (κ1) is 14.1. The second kappa shape index (κ2) is 6.23. The zero-order valence-corrected chi connectivity index (χ0v) is 12.2. The molecule has 2 rings (SSSR count). The number of hydrogen-bond acceptors (Lipinski definition) is 3. The number of likely N-dealkylation sites (tertiary alicyclic amines) is 1. The molecule has 1 N–H and O–H groups in total. The maximum atomic E-state index is 12.4. The second-order valence-corrected chi connectivity index (χ2v) is 6.17. The third-order valence-corrected chi connectivity index (χ3v) is 4.30. The molecule has 1 amide bonds. The molecule has 2 heterocycles. The van der Waals surface area contributed by atoms with E-state index >= 15 is 0 Å². The maximum Gasteiger partial charge on any atom is 0.264 e. The van der Waals surface area contributed by atoms with Crippen molar-refractivity contribution in [3.63, 3.8) is 0 Å². The maximum absolute atomic E-state index is 12.4. The largest absolute Gasteiger partial charge is 0.395 e. The van der Waals surface area contributed by atoms with Gasteiger partial charge < -0.3 is 10.0 Å². The van der Waals surface area contributed by atoms with Crippen LogP contribution in [0.2, 0.25) is 0 Å². The summed E-state index contributed by atoms with van der Waals surface area (Å²) in [5.74, 6) is 6.55. The molecule has 0 aromatic carbocycles. The lowest BCUT2D eigenvalue weighted by Crippen LogP contribution is -2.33. The van der Waals surface area contributed by atoms with Crippen LogP contribution in [0.15, 0.2) is 12.1 Å². The molecule has 0 bridgehead atoms. The van der Waals surface area contributed by atoms with Gasteiger partial charge in [-0.05, 0) is 31.4 Å². The fourth-order valence-electron chi connectivity index (χ4n) is 2.45. The van der Waals surface area contributed by atoms with Gasteiger partial charge in [0, 0.05) is 19.0 Å². The Bertz CT molecular complexity index is 512. The Kier molecular flexibility index (Phi) is 4.62. The number of amides is 1. The first-order valence-electron chi connectivity index (χ1n) is 6.62. The van der Waals surface area contributed by atoms with Crippen molar-refractivity contribution in [2.45, 2.75) is 32.7 Å². The summed E-state index contributed by atoms with van der Waals surface area (Å²) in [6.07, 6.45) is 1.56. The summed E-state index contributed by atoms with van der Waals surface area (Å²) < 4.78 is 0. The quantitative estimate of drug-likeness (QED) is 0.843. The highest BCUT2D eigenvalue weighted by atomic mass is 32.1. The van der Waals surface area contributed by atoms with Crippen molar-refractivity contribution in [3.05, 3.63) is 21.9 Å². The van der Waals surface area contributed by atoms with Gasteiger partial charge >= 0.3 is 0 Å². The van der Waals surface area contributed by atoms with E-state index in [9.17, 15) is 4.79 Å². The highest BCUT2D eigenvalue weighted by Gasteiger charge is 2.30. The number of aliphatic hydroxyl groups excluding tert-OH is 1. The Morgan fingerprint density at radius 2 is 2.32 bits per heavy atom. The Hall–Kier alpha value is -1.31. The average Bonchev–Trinajstić information content (AvgIpc) is 2.96. The monoisotopic (exact) mass is 277 g/mol. The van der Waals surface area contributed by atoms with Crippen LogP contribution in [0.3, 0.4) is 0 Å². The van der Waals surface area contributed by atoms with Gasteiger partial charge in [0.1, 0.15) is 0 Å². The van der Waals surface area contributed by atoms with Gasteiger partial charge in [-0.25, -0.2) is 0 Å². The number of carbonyl (C=O) groups is 1. The number of aliphatic hydroxyl groups is 1. The molecular formula is C15H19NO2S. The predicted molar refractivity (Wildman–Crippen MR) is 77.2 cm³/mol. The molecule has 1 aromatic rings. The highest BCUT2D eigenvalue weighted by molar-refractivity contribution is 7.14. The van der Waals surface area contributed by atoms with Crippen LogP contribution in [-0.4, -0.2) is 35.1 Å². The fourth-order valence-corrected chi connectivity index (χ4v) is 3.29. The molecule has 0 aliphatic carbocycles. The SMILES string of the molecule is CC1CC(C)N(C(=O)c2ccc(C#CCCO)s2)C1. The molecule has 2 atom stereocenters. The molecule has 4 heteroatoms. The summed E-state index contributed by atoms with van der Waals surface area (Å²) in [6.45, 7) is 5.22. The smallest absolute Gasteiger partial charge is 0.264 e. The van der Waals surface area contributed by atoms with Crippen LogP contribution >= 0.6 is 11.3 Å². The van der Waals surface area contributed by atoms with E-state index in [2.05, 4.69) is 25.7 Å². The lowest BCUT2D eigenvalue weighted by atomic mass is 10.1. The Balaban J connectivity index is 2.07. The fraction of sp³-hybridized carbons (Fsp3) is 0.533. The second-order valence-electron chi connectivity index (χ2n) is 5.09. The summed E-state index contributed by atoms with van der Waals surface area (Å²) in [5.41, 5.74) is 0. The number of thiophene rings is 1. The van der Waals surface area contributed by atoms with E-state index in [4.69, 9.17) is 5.11 Å². The van der Waals surface area contributed by atoms with E-state index in [0.717, 1.165) is 22.7 Å². The summed E-state index contributed by atoms with van der Waals surface area (Å²) in [4.78, 5) is 16.0. The molecule has 2 unspecified atom stereocenters. The molecule has 3 nitrogen and oxygen atoms in total. The first-order chi connectivity index (χ1) is 9.11. The van der Waals surface area contributed by atoms with Gasteiger partial charge in [0.25, 0.3) is 5.91 Å². The van der Waals surface area contributed by atoms with E-state index < -0.39 is 0 Å². The summed E-state index contributed by atoms with van der Waals surface area (Å²) in [6, 6.07) is 4.06. The van der Waals surface area contributed by atoms with E-state index in [1.807, 2.05) is 17.0 Å². The van der Waals surface area contributed by atoms with Crippen LogP contribution < -0.4 is 0 Å². The van der Waals surface area contributed by atoms with Crippen LogP contribution in [0.5, 0.6) is 0 Å². The van der Waals surface area contributed by atoms with Crippen molar-refractivity contribution in [2.75, 3.05) is 13.2 Å². The molecule has 1 saturated heterocycles. The Labute approximate surface area is 118 Å². The van der Waals surface area contributed by atoms with Crippen LogP contribution in [0, 0.1) is 17.8 Å². The van der Waals surface area contributed by atoms with Gasteiger partial charge in [-0.2, -0.15) is 0 Å².